The Morgan fingerprint density at radius 1 is 1.22 bits per heavy atom. The molecule has 4 rings (SSSR count). The van der Waals surface area contributed by atoms with Crippen LogP contribution in [0.25, 0.3) is 5.76 Å². The van der Waals surface area contributed by atoms with Gasteiger partial charge in [-0.05, 0) is 55.3 Å². The summed E-state index contributed by atoms with van der Waals surface area (Å²) in [4.78, 5) is 44.3. The number of ether oxygens (including phenoxy) is 2. The van der Waals surface area contributed by atoms with Crippen LogP contribution in [0.15, 0.2) is 60.7 Å². The first-order chi connectivity index (χ1) is 17.7. The quantitative estimate of drug-likeness (QED) is 0.155. The van der Waals surface area contributed by atoms with Crippen molar-refractivity contribution in [2.24, 2.45) is 0 Å². The molecule has 1 aliphatic heterocycles. The van der Waals surface area contributed by atoms with Crippen molar-refractivity contribution in [3.8, 4) is 5.75 Å². The fraction of sp³-hybridized carbons (Fsp3) is 0.185. The highest BCUT2D eigenvalue weighted by atomic mass is 32.1. The topological polar surface area (TPSA) is 106 Å². The van der Waals surface area contributed by atoms with E-state index in [1.165, 1.54) is 31.4 Å². The Morgan fingerprint density at radius 2 is 1.92 bits per heavy atom. The number of anilines is 1. The Labute approximate surface area is 216 Å². The maximum absolute atomic E-state index is 13.7. The molecule has 3 aromatic rings. The van der Waals surface area contributed by atoms with E-state index in [1.807, 2.05) is 0 Å². The van der Waals surface area contributed by atoms with E-state index in [-0.39, 0.29) is 15.6 Å². The van der Waals surface area contributed by atoms with Crippen molar-refractivity contribution in [3.05, 3.63) is 93.8 Å². The fourth-order valence-corrected chi connectivity index (χ4v) is 5.03. The molecule has 8 nitrogen and oxygen atoms in total. The number of hydrogen-bond donors (Lipinski definition) is 1. The number of halogens is 1. The van der Waals surface area contributed by atoms with Gasteiger partial charge in [0.2, 0.25) is 0 Å². The Kier molecular flexibility index (Phi) is 7.21. The SMILES string of the molecule is C=CCOc1ccc(C(O)=C2C(=O)C(=O)N(c3nc(C)c(C(=O)OC)s3)[C@H]2c2ccc(F)cc2)cc1C. The number of benzene rings is 2. The molecule has 0 aliphatic carbocycles. The number of aliphatic hydroxyl groups is 1. The summed E-state index contributed by atoms with van der Waals surface area (Å²) in [6.45, 7) is 7.26. The van der Waals surface area contributed by atoms with Crippen LogP contribution in [0.5, 0.6) is 5.75 Å². The van der Waals surface area contributed by atoms with Crippen molar-refractivity contribution in [2.45, 2.75) is 19.9 Å². The molecule has 37 heavy (non-hydrogen) atoms. The van der Waals surface area contributed by atoms with Gasteiger partial charge in [-0.25, -0.2) is 14.2 Å². The number of nitrogens with zero attached hydrogens (tertiary/aromatic N) is 2. The molecule has 1 fully saturated rings. The molecular weight excluding hydrogens is 499 g/mol. The molecule has 1 N–H and O–H groups in total. The van der Waals surface area contributed by atoms with Crippen molar-refractivity contribution in [1.82, 2.24) is 4.98 Å². The molecule has 1 saturated heterocycles. The molecule has 0 radical (unpaired) electrons. The van der Waals surface area contributed by atoms with Crippen molar-refractivity contribution in [3.63, 3.8) is 0 Å². The van der Waals surface area contributed by atoms with Gasteiger partial charge in [0.25, 0.3) is 5.78 Å². The number of methoxy groups -OCH3 is 1. The number of amides is 1. The zero-order chi connectivity index (χ0) is 26.9. The Bertz CT molecular complexity index is 1440. The lowest BCUT2D eigenvalue weighted by molar-refractivity contribution is -0.132. The first kappa shape index (κ1) is 25.8. The maximum Gasteiger partial charge on any atom is 0.350 e. The van der Waals surface area contributed by atoms with E-state index in [4.69, 9.17) is 9.47 Å². The normalized spacial score (nSPS) is 16.6. The second kappa shape index (κ2) is 10.4. The molecule has 0 spiro atoms. The number of carbonyl (C=O) groups excluding carboxylic acids is 3. The van der Waals surface area contributed by atoms with E-state index >= 15 is 0 Å². The van der Waals surface area contributed by atoms with Gasteiger partial charge in [-0.1, -0.05) is 36.1 Å². The lowest BCUT2D eigenvalue weighted by atomic mass is 9.95. The Hall–Kier alpha value is -4.31. The van der Waals surface area contributed by atoms with Crippen molar-refractivity contribution >= 4 is 39.9 Å². The smallest absolute Gasteiger partial charge is 0.350 e. The van der Waals surface area contributed by atoms with Gasteiger partial charge in [-0.3, -0.25) is 14.5 Å². The number of aryl methyl sites for hydroxylation is 2. The van der Waals surface area contributed by atoms with Crippen molar-refractivity contribution in [1.29, 1.82) is 0 Å². The molecular formula is C27H23FN2O6S. The monoisotopic (exact) mass is 522 g/mol. The van der Waals surface area contributed by atoms with Crippen LogP contribution >= 0.6 is 11.3 Å². The summed E-state index contributed by atoms with van der Waals surface area (Å²) in [5.74, 6) is -2.86. The average Bonchev–Trinajstić information content (AvgIpc) is 3.39. The largest absolute Gasteiger partial charge is 0.507 e. The van der Waals surface area contributed by atoms with E-state index < -0.39 is 35.3 Å². The Morgan fingerprint density at radius 3 is 2.54 bits per heavy atom. The summed E-state index contributed by atoms with van der Waals surface area (Å²) in [6.07, 6.45) is 1.60. The van der Waals surface area contributed by atoms with Crippen LogP contribution in [-0.4, -0.2) is 41.5 Å². The number of hydrogen-bond acceptors (Lipinski definition) is 8. The first-order valence-electron chi connectivity index (χ1n) is 11.1. The number of Topliss-reactive ketones (excluding diaryl/α,β-unsaturated/α-hetero) is 1. The summed E-state index contributed by atoms with van der Waals surface area (Å²) in [7, 11) is 1.22. The number of esters is 1. The Balaban J connectivity index is 1.89. The van der Waals surface area contributed by atoms with Crippen LogP contribution < -0.4 is 9.64 Å². The van der Waals surface area contributed by atoms with Crippen LogP contribution in [0.3, 0.4) is 0 Å². The van der Waals surface area contributed by atoms with Gasteiger partial charge in [-0.15, -0.1) is 0 Å². The third-order valence-electron chi connectivity index (χ3n) is 5.80. The minimum Gasteiger partial charge on any atom is -0.507 e. The summed E-state index contributed by atoms with van der Waals surface area (Å²) < 4.78 is 24.1. The van der Waals surface area contributed by atoms with Gasteiger partial charge in [0.15, 0.2) is 5.13 Å². The molecule has 10 heteroatoms. The van der Waals surface area contributed by atoms with Gasteiger partial charge in [-0.2, -0.15) is 0 Å². The van der Waals surface area contributed by atoms with Crippen LogP contribution in [0, 0.1) is 19.7 Å². The second-order valence-electron chi connectivity index (χ2n) is 8.20. The number of aromatic nitrogens is 1. The van der Waals surface area contributed by atoms with Gasteiger partial charge in [0.1, 0.15) is 28.8 Å². The van der Waals surface area contributed by atoms with E-state index in [1.54, 1.807) is 38.1 Å². The molecule has 2 heterocycles. The lowest BCUT2D eigenvalue weighted by Crippen LogP contribution is -2.29. The number of carbonyl (C=O) groups is 3. The van der Waals surface area contributed by atoms with E-state index in [0.29, 0.717) is 34.7 Å². The van der Waals surface area contributed by atoms with Crippen molar-refractivity contribution < 1.29 is 33.4 Å². The van der Waals surface area contributed by atoms with E-state index in [9.17, 15) is 23.9 Å². The van der Waals surface area contributed by atoms with Crippen LogP contribution in [0.2, 0.25) is 0 Å². The highest BCUT2D eigenvalue weighted by Gasteiger charge is 2.48. The molecule has 0 bridgehead atoms. The average molecular weight is 523 g/mol. The zero-order valence-corrected chi connectivity index (χ0v) is 21.1. The number of rotatable bonds is 7. The highest BCUT2D eigenvalue weighted by Crippen LogP contribution is 2.44. The highest BCUT2D eigenvalue weighted by molar-refractivity contribution is 7.17. The summed E-state index contributed by atoms with van der Waals surface area (Å²) >= 11 is 0.883. The third kappa shape index (κ3) is 4.75. The zero-order valence-electron chi connectivity index (χ0n) is 20.3. The molecule has 0 unspecified atom stereocenters. The van der Waals surface area contributed by atoms with E-state index in [0.717, 1.165) is 16.2 Å². The predicted molar refractivity (Wildman–Crippen MR) is 136 cm³/mol. The van der Waals surface area contributed by atoms with Gasteiger partial charge >= 0.3 is 11.9 Å². The van der Waals surface area contributed by atoms with Gasteiger partial charge < -0.3 is 14.6 Å². The minimum atomic E-state index is -1.12. The van der Waals surface area contributed by atoms with E-state index in [2.05, 4.69) is 11.6 Å². The molecule has 1 atom stereocenters. The summed E-state index contributed by atoms with van der Waals surface area (Å²) in [5.41, 5.74) is 1.48. The lowest BCUT2D eigenvalue weighted by Gasteiger charge is -2.23. The fourth-order valence-electron chi connectivity index (χ4n) is 4.02. The van der Waals surface area contributed by atoms with Crippen molar-refractivity contribution in [2.75, 3.05) is 18.6 Å². The molecule has 0 saturated carbocycles. The minimum absolute atomic E-state index is 0.0673. The molecule has 190 valence electrons. The number of thiazole rings is 1. The molecule has 1 aliphatic rings. The molecule has 1 aromatic heterocycles. The summed E-state index contributed by atoms with van der Waals surface area (Å²) in [5, 5.41) is 11.4. The van der Waals surface area contributed by atoms with Gasteiger partial charge in [0, 0.05) is 5.56 Å². The maximum atomic E-state index is 13.7. The summed E-state index contributed by atoms with van der Waals surface area (Å²) in [6, 6.07) is 8.95. The van der Waals surface area contributed by atoms with Crippen LogP contribution in [0.1, 0.15) is 38.1 Å². The second-order valence-corrected chi connectivity index (χ2v) is 9.18. The standard InChI is InChI=1S/C27H23FN2O6S/c1-5-12-36-19-11-8-17(13-14(19)2)22(31)20-21(16-6-9-18(28)10-7-16)30(25(33)23(20)32)27-29-15(3)24(37-27)26(34)35-4/h5-11,13,21,31H,1,12H2,2-4H3/t21-/m0/s1. The predicted octanol–water partition coefficient (Wildman–Crippen LogP) is 4.88. The number of aliphatic hydroxyl groups excluding tert-OH is 1. The number of ketones is 1. The van der Waals surface area contributed by atoms with Crippen LogP contribution in [0.4, 0.5) is 9.52 Å². The first-order valence-corrected chi connectivity index (χ1v) is 12.0. The molecule has 2 aromatic carbocycles. The van der Waals surface area contributed by atoms with Gasteiger partial charge in [0.05, 0.1) is 24.4 Å². The molecule has 1 amide bonds. The third-order valence-corrected chi connectivity index (χ3v) is 6.93. The van der Waals surface area contributed by atoms with Crippen LogP contribution in [-0.2, 0) is 14.3 Å².